The molecule has 176 valence electrons. The maximum atomic E-state index is 13.2. The van der Waals surface area contributed by atoms with Gasteiger partial charge in [0.1, 0.15) is 12.4 Å². The van der Waals surface area contributed by atoms with Crippen LogP contribution in [0.1, 0.15) is 25.3 Å². The summed E-state index contributed by atoms with van der Waals surface area (Å²) < 4.78 is 40.9. The van der Waals surface area contributed by atoms with Crippen LogP contribution in [0.3, 0.4) is 0 Å². The minimum Gasteiger partial charge on any atom is -0.350 e. The van der Waals surface area contributed by atoms with Crippen molar-refractivity contribution < 1.29 is 22.4 Å². The zero-order valence-corrected chi connectivity index (χ0v) is 19.9. The average molecular weight is 492 g/mol. The maximum absolute atomic E-state index is 13.2. The molecule has 2 heterocycles. The number of anilines is 1. The number of piperidine rings is 1. The van der Waals surface area contributed by atoms with E-state index >= 15 is 0 Å². The van der Waals surface area contributed by atoms with Gasteiger partial charge in [-0.05, 0) is 54.7 Å². The van der Waals surface area contributed by atoms with Crippen molar-refractivity contribution in [3.8, 4) is 0 Å². The van der Waals surface area contributed by atoms with E-state index in [1.165, 1.54) is 39.2 Å². The van der Waals surface area contributed by atoms with Crippen molar-refractivity contribution in [1.82, 2.24) is 9.62 Å². The first-order chi connectivity index (χ1) is 15.7. The number of amides is 2. The van der Waals surface area contributed by atoms with Crippen molar-refractivity contribution in [1.29, 1.82) is 0 Å². The van der Waals surface area contributed by atoms with Crippen molar-refractivity contribution in [2.75, 3.05) is 30.3 Å². The summed E-state index contributed by atoms with van der Waals surface area (Å²) in [6.07, 6.45) is 1.64. The number of sulfonamides is 1. The van der Waals surface area contributed by atoms with E-state index < -0.39 is 10.0 Å². The van der Waals surface area contributed by atoms with Crippen LogP contribution in [0, 0.1) is 11.7 Å². The normalized spacial score (nSPS) is 17.6. The molecule has 0 aromatic heterocycles. The number of fused-ring (bicyclic) bond motifs is 1. The highest BCUT2D eigenvalue weighted by Gasteiger charge is 2.32. The van der Waals surface area contributed by atoms with Crippen LogP contribution in [-0.2, 0) is 26.2 Å². The number of nitrogens with zero attached hydrogens (tertiary/aromatic N) is 2. The van der Waals surface area contributed by atoms with Crippen molar-refractivity contribution in [2.24, 2.45) is 5.92 Å². The molecule has 1 saturated heterocycles. The molecular formula is C23H26FN3O4S2. The van der Waals surface area contributed by atoms with Crippen LogP contribution in [0.5, 0.6) is 0 Å². The molecule has 0 bridgehead atoms. The third-order valence-electron chi connectivity index (χ3n) is 5.96. The quantitative estimate of drug-likeness (QED) is 0.671. The highest BCUT2D eigenvalue weighted by atomic mass is 32.2. The van der Waals surface area contributed by atoms with Gasteiger partial charge in [0.05, 0.1) is 16.3 Å². The zero-order valence-electron chi connectivity index (χ0n) is 18.3. The van der Waals surface area contributed by atoms with E-state index in [0.29, 0.717) is 24.7 Å². The fourth-order valence-electron chi connectivity index (χ4n) is 3.89. The van der Waals surface area contributed by atoms with Crippen LogP contribution < -0.4 is 10.2 Å². The Bertz CT molecular complexity index is 1150. The number of thioether (sulfide) groups is 1. The third kappa shape index (κ3) is 5.39. The first kappa shape index (κ1) is 23.7. The number of halogens is 1. The van der Waals surface area contributed by atoms with Gasteiger partial charge >= 0.3 is 0 Å². The van der Waals surface area contributed by atoms with Crippen LogP contribution in [0.15, 0.2) is 52.3 Å². The second-order valence-corrected chi connectivity index (χ2v) is 11.3. The molecule has 0 radical (unpaired) electrons. The molecule has 2 aromatic rings. The Labute approximate surface area is 197 Å². The van der Waals surface area contributed by atoms with E-state index in [0.717, 1.165) is 23.3 Å². The van der Waals surface area contributed by atoms with Crippen LogP contribution in [0.4, 0.5) is 10.1 Å². The fraction of sp³-hybridized carbons (Fsp3) is 0.391. The SMILES string of the molecule is CC1CCN(S(=O)(=O)c2ccc3c(c2)N(CC(=O)NCc2ccc(F)cc2)C(=O)CS3)CC1. The Morgan fingerprint density at radius 2 is 1.85 bits per heavy atom. The highest BCUT2D eigenvalue weighted by molar-refractivity contribution is 8.00. The lowest BCUT2D eigenvalue weighted by Crippen LogP contribution is -2.43. The van der Waals surface area contributed by atoms with Crippen LogP contribution >= 0.6 is 11.8 Å². The Kier molecular flexibility index (Phi) is 7.06. The second kappa shape index (κ2) is 9.82. The minimum atomic E-state index is -3.68. The van der Waals surface area contributed by atoms with Gasteiger partial charge in [-0.1, -0.05) is 19.1 Å². The third-order valence-corrected chi connectivity index (χ3v) is 8.90. The van der Waals surface area contributed by atoms with Crippen molar-refractivity contribution >= 4 is 39.3 Å². The fourth-order valence-corrected chi connectivity index (χ4v) is 6.30. The predicted molar refractivity (Wildman–Crippen MR) is 125 cm³/mol. The molecule has 0 unspecified atom stereocenters. The van der Waals surface area contributed by atoms with E-state index in [4.69, 9.17) is 0 Å². The first-order valence-electron chi connectivity index (χ1n) is 10.8. The predicted octanol–water partition coefficient (Wildman–Crippen LogP) is 3.00. The summed E-state index contributed by atoms with van der Waals surface area (Å²) in [4.78, 5) is 27.4. The van der Waals surface area contributed by atoms with E-state index in [1.54, 1.807) is 24.3 Å². The Hall–Kier alpha value is -2.43. The van der Waals surface area contributed by atoms with E-state index in [9.17, 15) is 22.4 Å². The molecule has 1 fully saturated rings. The highest BCUT2D eigenvalue weighted by Crippen LogP contribution is 2.37. The van der Waals surface area contributed by atoms with Crippen LogP contribution in [-0.4, -0.2) is 49.9 Å². The molecule has 33 heavy (non-hydrogen) atoms. The minimum absolute atomic E-state index is 0.128. The lowest BCUT2D eigenvalue weighted by molar-refractivity contribution is -0.123. The maximum Gasteiger partial charge on any atom is 0.243 e. The number of carbonyl (C=O) groups excluding carboxylic acids is 2. The molecule has 7 nitrogen and oxygen atoms in total. The van der Waals surface area contributed by atoms with Crippen molar-refractivity contribution in [2.45, 2.75) is 36.1 Å². The summed E-state index contributed by atoms with van der Waals surface area (Å²) in [7, 11) is -3.68. The van der Waals surface area contributed by atoms with Crippen molar-refractivity contribution in [3.63, 3.8) is 0 Å². The van der Waals surface area contributed by atoms with Crippen molar-refractivity contribution in [3.05, 3.63) is 53.8 Å². The van der Waals surface area contributed by atoms with E-state index in [2.05, 4.69) is 12.2 Å². The average Bonchev–Trinajstić information content (AvgIpc) is 2.80. The van der Waals surface area contributed by atoms with Gasteiger partial charge in [-0.25, -0.2) is 12.8 Å². The van der Waals surface area contributed by atoms with Gasteiger partial charge in [-0.3, -0.25) is 9.59 Å². The molecule has 0 spiro atoms. The van der Waals surface area contributed by atoms with Gasteiger partial charge in [0, 0.05) is 24.5 Å². The second-order valence-electron chi connectivity index (χ2n) is 8.39. The summed E-state index contributed by atoms with van der Waals surface area (Å²) in [6, 6.07) is 10.6. The van der Waals surface area contributed by atoms with Gasteiger partial charge in [0.2, 0.25) is 21.8 Å². The summed E-state index contributed by atoms with van der Waals surface area (Å²) in [5.41, 5.74) is 1.16. The summed E-state index contributed by atoms with van der Waals surface area (Å²) >= 11 is 1.33. The van der Waals surface area contributed by atoms with Crippen LogP contribution in [0.25, 0.3) is 0 Å². The molecule has 0 saturated carbocycles. The molecule has 2 amide bonds. The molecule has 2 aliphatic heterocycles. The number of hydrogen-bond donors (Lipinski definition) is 1. The monoisotopic (exact) mass is 491 g/mol. The molecule has 4 rings (SSSR count). The molecular weight excluding hydrogens is 465 g/mol. The molecule has 0 aliphatic carbocycles. The topological polar surface area (TPSA) is 86.8 Å². The van der Waals surface area contributed by atoms with Gasteiger partial charge in [-0.2, -0.15) is 4.31 Å². The Morgan fingerprint density at radius 3 is 2.55 bits per heavy atom. The Morgan fingerprint density at radius 1 is 1.15 bits per heavy atom. The van der Waals surface area contributed by atoms with E-state index in [-0.39, 0.29) is 41.4 Å². The van der Waals surface area contributed by atoms with Gasteiger partial charge < -0.3 is 10.2 Å². The molecule has 2 aromatic carbocycles. The number of carbonyl (C=O) groups is 2. The zero-order chi connectivity index (χ0) is 23.6. The number of rotatable bonds is 6. The molecule has 10 heteroatoms. The Balaban J connectivity index is 1.51. The molecule has 0 atom stereocenters. The van der Waals surface area contributed by atoms with Gasteiger partial charge in [-0.15, -0.1) is 11.8 Å². The van der Waals surface area contributed by atoms with Crippen LogP contribution in [0.2, 0.25) is 0 Å². The largest absolute Gasteiger partial charge is 0.350 e. The molecule has 1 N–H and O–H groups in total. The lowest BCUT2D eigenvalue weighted by Gasteiger charge is -2.31. The van der Waals surface area contributed by atoms with E-state index in [1.807, 2.05) is 0 Å². The van der Waals surface area contributed by atoms with Gasteiger partial charge in [0.15, 0.2) is 0 Å². The summed E-state index contributed by atoms with van der Waals surface area (Å²) in [5.74, 6) is -0.329. The standard InChI is InChI=1S/C23H26FN3O4S2/c1-16-8-10-26(11-9-16)33(30,31)19-6-7-21-20(12-19)27(23(29)15-32-21)14-22(28)25-13-17-2-4-18(24)5-3-17/h2-7,12,16H,8-11,13-15H2,1H3,(H,25,28). The number of hydrogen-bond acceptors (Lipinski definition) is 5. The smallest absolute Gasteiger partial charge is 0.243 e. The number of nitrogens with one attached hydrogen (secondary N) is 1. The van der Waals surface area contributed by atoms with Gasteiger partial charge in [0.25, 0.3) is 0 Å². The summed E-state index contributed by atoms with van der Waals surface area (Å²) in [6.45, 7) is 3.04. The molecule has 2 aliphatic rings. The number of benzene rings is 2. The first-order valence-corrected chi connectivity index (χ1v) is 13.2. The lowest BCUT2D eigenvalue weighted by atomic mass is 10.0. The summed E-state index contributed by atoms with van der Waals surface area (Å²) in [5, 5.41) is 2.73.